The molecule has 1 amide bonds. The van der Waals surface area contributed by atoms with Crippen LogP contribution in [0.1, 0.15) is 19.3 Å². The molecule has 3 N–H and O–H groups in total. The first kappa shape index (κ1) is 29.2. The van der Waals surface area contributed by atoms with Crippen LogP contribution in [0.4, 0.5) is 11.6 Å². The number of carbonyl (C=O) groups is 1. The second-order valence-corrected chi connectivity index (χ2v) is 10.7. The SMILES string of the molecule is C=CC(=O)N[C@H]1CCOC[C@H]1Nc1cc2c(NC3CCOCC3)nc(-c3c(Cl)c(OC)cc(OC)c3Cl)cc2cn1. The van der Waals surface area contributed by atoms with Gasteiger partial charge in [-0.05, 0) is 37.5 Å². The van der Waals surface area contributed by atoms with Crippen LogP contribution >= 0.6 is 23.2 Å². The Morgan fingerprint density at radius 1 is 1.00 bits per heavy atom. The van der Waals surface area contributed by atoms with Crippen molar-refractivity contribution in [3.8, 4) is 22.8 Å². The molecule has 0 bridgehead atoms. The second kappa shape index (κ2) is 13.1. The number of nitrogens with zero attached hydrogens (tertiary/aromatic N) is 2. The highest BCUT2D eigenvalue weighted by molar-refractivity contribution is 6.41. The van der Waals surface area contributed by atoms with Crippen molar-refractivity contribution < 1.29 is 23.7 Å². The Morgan fingerprint density at radius 2 is 1.71 bits per heavy atom. The number of rotatable bonds is 9. The lowest BCUT2D eigenvalue weighted by molar-refractivity contribution is -0.117. The van der Waals surface area contributed by atoms with Crippen LogP contribution in [0.3, 0.4) is 0 Å². The molecular weight excluding hydrogens is 569 g/mol. The quantitative estimate of drug-likeness (QED) is 0.288. The normalized spacial score (nSPS) is 19.4. The van der Waals surface area contributed by atoms with Crippen LogP contribution in [0.2, 0.25) is 10.0 Å². The van der Waals surface area contributed by atoms with Gasteiger partial charge in [-0.25, -0.2) is 9.97 Å². The smallest absolute Gasteiger partial charge is 0.243 e. The lowest BCUT2D eigenvalue weighted by Gasteiger charge is -2.33. The number of ether oxygens (including phenoxy) is 4. The number of fused-ring (bicyclic) bond motifs is 1. The van der Waals surface area contributed by atoms with Crippen LogP contribution in [0, 0.1) is 0 Å². The first-order valence-corrected chi connectivity index (χ1v) is 14.2. The lowest BCUT2D eigenvalue weighted by atomic mass is 10.0. The third-order valence-corrected chi connectivity index (χ3v) is 8.06. The Labute approximate surface area is 248 Å². The summed E-state index contributed by atoms with van der Waals surface area (Å²) in [7, 11) is 3.07. The zero-order chi connectivity index (χ0) is 28.9. The van der Waals surface area contributed by atoms with Gasteiger partial charge in [0.2, 0.25) is 5.91 Å². The maximum absolute atomic E-state index is 12.0. The Morgan fingerprint density at radius 3 is 2.39 bits per heavy atom. The van der Waals surface area contributed by atoms with Crippen LogP contribution in [0.15, 0.2) is 37.1 Å². The van der Waals surface area contributed by atoms with E-state index in [1.54, 1.807) is 12.3 Å². The van der Waals surface area contributed by atoms with Crippen LogP contribution in [-0.4, -0.2) is 74.6 Å². The lowest BCUT2D eigenvalue weighted by Crippen LogP contribution is -2.52. The number of hydrogen-bond acceptors (Lipinski definition) is 9. The maximum atomic E-state index is 12.0. The fourth-order valence-corrected chi connectivity index (χ4v) is 5.79. The number of methoxy groups -OCH3 is 2. The summed E-state index contributed by atoms with van der Waals surface area (Å²) in [6, 6.07) is 5.37. The molecule has 12 heteroatoms. The second-order valence-electron chi connectivity index (χ2n) is 9.90. The molecule has 2 aliphatic rings. The number of anilines is 2. The van der Waals surface area contributed by atoms with Crippen molar-refractivity contribution in [3.05, 3.63) is 47.1 Å². The number of halogens is 2. The molecule has 1 aromatic carbocycles. The van der Waals surface area contributed by atoms with E-state index < -0.39 is 0 Å². The van der Waals surface area contributed by atoms with E-state index in [1.165, 1.54) is 20.3 Å². The largest absolute Gasteiger partial charge is 0.495 e. The van der Waals surface area contributed by atoms with Gasteiger partial charge >= 0.3 is 0 Å². The van der Waals surface area contributed by atoms with Crippen molar-refractivity contribution in [3.63, 3.8) is 0 Å². The van der Waals surface area contributed by atoms with Gasteiger partial charge in [-0.2, -0.15) is 0 Å². The predicted molar refractivity (Wildman–Crippen MR) is 161 cm³/mol. The number of hydrogen-bond donors (Lipinski definition) is 3. The molecule has 10 nitrogen and oxygen atoms in total. The van der Waals surface area contributed by atoms with E-state index in [2.05, 4.69) is 27.5 Å². The molecule has 218 valence electrons. The molecule has 5 rings (SSSR count). The van der Waals surface area contributed by atoms with Gasteiger partial charge in [-0.3, -0.25) is 4.79 Å². The fourth-order valence-electron chi connectivity index (χ4n) is 5.09. The molecule has 2 aromatic heterocycles. The summed E-state index contributed by atoms with van der Waals surface area (Å²) in [5, 5.41) is 12.4. The molecule has 41 heavy (non-hydrogen) atoms. The zero-order valence-corrected chi connectivity index (χ0v) is 24.5. The van der Waals surface area contributed by atoms with Crippen LogP contribution in [0.5, 0.6) is 11.5 Å². The molecule has 0 unspecified atom stereocenters. The average molecular weight is 603 g/mol. The van der Waals surface area contributed by atoms with E-state index in [0.717, 1.165) is 23.6 Å². The van der Waals surface area contributed by atoms with E-state index in [-0.39, 0.29) is 24.0 Å². The summed E-state index contributed by atoms with van der Waals surface area (Å²) in [5.74, 6) is 1.93. The zero-order valence-electron chi connectivity index (χ0n) is 23.0. The topological polar surface area (TPSA) is 116 Å². The number of amides is 1. The van der Waals surface area contributed by atoms with E-state index in [9.17, 15) is 4.79 Å². The predicted octanol–water partition coefficient (Wildman–Crippen LogP) is 5.08. The van der Waals surface area contributed by atoms with Gasteiger partial charge in [0, 0.05) is 54.5 Å². The van der Waals surface area contributed by atoms with Gasteiger partial charge in [-0.1, -0.05) is 29.8 Å². The van der Waals surface area contributed by atoms with Gasteiger partial charge in [0.15, 0.2) is 0 Å². The van der Waals surface area contributed by atoms with Crippen LogP contribution < -0.4 is 25.4 Å². The summed E-state index contributed by atoms with van der Waals surface area (Å²) in [6.45, 7) is 5.90. The molecular formula is C29H33Cl2N5O5. The number of pyridine rings is 2. The first-order chi connectivity index (χ1) is 19.9. The maximum Gasteiger partial charge on any atom is 0.243 e. The Bertz CT molecular complexity index is 1400. The van der Waals surface area contributed by atoms with E-state index in [1.807, 2.05) is 12.1 Å². The highest BCUT2D eigenvalue weighted by Crippen LogP contribution is 2.46. The monoisotopic (exact) mass is 601 g/mol. The average Bonchev–Trinajstić information content (AvgIpc) is 2.99. The standard InChI is InChI=1S/C29H33Cl2N5O5/c1-4-25(37)35-19-7-10-41-15-21(19)34-24-12-18-16(14-32-24)11-20(36-29(18)33-17-5-8-40-9-6-17)26-27(30)22(38-2)13-23(39-3)28(26)31/h4,11-14,17,19,21H,1,5-10,15H2,2-3H3,(H,32,34)(H,33,36)(H,35,37)/t19-,21+/m0/s1. The molecule has 0 aliphatic carbocycles. The molecule has 2 saturated heterocycles. The third-order valence-electron chi connectivity index (χ3n) is 7.31. The summed E-state index contributed by atoms with van der Waals surface area (Å²) < 4.78 is 22.2. The highest BCUT2D eigenvalue weighted by Gasteiger charge is 2.28. The summed E-state index contributed by atoms with van der Waals surface area (Å²) >= 11 is 13.5. The van der Waals surface area contributed by atoms with Crippen molar-refractivity contribution in [2.24, 2.45) is 0 Å². The van der Waals surface area contributed by atoms with Gasteiger partial charge in [0.25, 0.3) is 0 Å². The number of nitrogens with one attached hydrogen (secondary N) is 3. The third kappa shape index (κ3) is 6.46. The van der Waals surface area contributed by atoms with Gasteiger partial charge < -0.3 is 34.9 Å². The van der Waals surface area contributed by atoms with Crippen LogP contribution in [-0.2, 0) is 14.3 Å². The molecule has 2 fully saturated rings. The molecule has 4 heterocycles. The Balaban J connectivity index is 1.56. The Hall–Kier alpha value is -3.31. The molecule has 2 aliphatic heterocycles. The number of benzene rings is 1. The number of aromatic nitrogens is 2. The fraction of sp³-hybridized carbons (Fsp3) is 0.414. The molecule has 0 radical (unpaired) electrons. The molecule has 2 atom stereocenters. The van der Waals surface area contributed by atoms with Crippen molar-refractivity contribution in [1.29, 1.82) is 0 Å². The van der Waals surface area contributed by atoms with Gasteiger partial charge in [0.1, 0.15) is 23.1 Å². The molecule has 0 spiro atoms. The minimum absolute atomic E-state index is 0.126. The summed E-state index contributed by atoms with van der Waals surface area (Å²) in [5.41, 5.74) is 1.05. The summed E-state index contributed by atoms with van der Waals surface area (Å²) in [6.07, 6.45) is 5.43. The first-order valence-electron chi connectivity index (χ1n) is 13.4. The van der Waals surface area contributed by atoms with E-state index in [4.69, 9.17) is 47.1 Å². The molecule has 3 aromatic rings. The van der Waals surface area contributed by atoms with Crippen molar-refractivity contribution in [1.82, 2.24) is 15.3 Å². The van der Waals surface area contributed by atoms with Crippen molar-refractivity contribution in [2.75, 3.05) is 51.3 Å². The van der Waals surface area contributed by atoms with Crippen LogP contribution in [0.25, 0.3) is 22.0 Å². The minimum atomic E-state index is -0.221. The Kier molecular flexibility index (Phi) is 9.34. The van der Waals surface area contributed by atoms with Gasteiger partial charge in [0.05, 0.1) is 48.6 Å². The van der Waals surface area contributed by atoms with Crippen molar-refractivity contribution >= 4 is 51.5 Å². The van der Waals surface area contributed by atoms with E-state index >= 15 is 0 Å². The molecule has 0 saturated carbocycles. The van der Waals surface area contributed by atoms with Gasteiger partial charge in [-0.15, -0.1) is 0 Å². The van der Waals surface area contributed by atoms with E-state index in [0.29, 0.717) is 77.3 Å². The highest BCUT2D eigenvalue weighted by atomic mass is 35.5. The number of carbonyl (C=O) groups excluding carboxylic acids is 1. The van der Waals surface area contributed by atoms with Crippen molar-refractivity contribution in [2.45, 2.75) is 37.4 Å². The minimum Gasteiger partial charge on any atom is -0.495 e. The summed E-state index contributed by atoms with van der Waals surface area (Å²) in [4.78, 5) is 21.7.